The van der Waals surface area contributed by atoms with E-state index in [-0.39, 0.29) is 12.5 Å². The molecule has 1 aliphatic rings. The average molecular weight is 383 g/mol. The predicted molar refractivity (Wildman–Crippen MR) is 66.7 cm³/mol. The molecule has 1 aromatic rings. The summed E-state index contributed by atoms with van der Waals surface area (Å²) in [6.07, 6.45) is 0. The first-order valence-electron chi connectivity index (χ1n) is 4.24. The smallest absolute Gasteiger partial charge is 0.231 e. The summed E-state index contributed by atoms with van der Waals surface area (Å²) in [4.78, 5) is 15.6. The molecule has 1 amide bonds. The Morgan fingerprint density at radius 1 is 1.80 bits per heavy atom. The van der Waals surface area contributed by atoms with E-state index in [1.54, 1.807) is 6.92 Å². The molecule has 1 aromatic heterocycles. The highest BCUT2D eigenvalue weighted by Crippen LogP contribution is 2.42. The maximum Gasteiger partial charge on any atom is 0.231 e. The number of fused-ring (bicyclic) bond motifs is 1. The summed E-state index contributed by atoms with van der Waals surface area (Å²) in [7, 11) is 0. The summed E-state index contributed by atoms with van der Waals surface area (Å²) in [5, 5.41) is 0. The van der Waals surface area contributed by atoms with Crippen LogP contribution in [-0.2, 0) is 10.2 Å². The molecule has 2 N–H and O–H groups in total. The van der Waals surface area contributed by atoms with Gasteiger partial charge in [0.25, 0.3) is 0 Å². The van der Waals surface area contributed by atoms with Gasteiger partial charge in [0, 0.05) is 5.56 Å². The lowest BCUT2D eigenvalue weighted by molar-refractivity contribution is -0.123. The molecule has 2 rings (SSSR count). The van der Waals surface area contributed by atoms with Crippen molar-refractivity contribution in [3.05, 3.63) is 19.9 Å². The number of nitrogens with two attached hydrogens (primary N) is 1. The van der Waals surface area contributed by atoms with Crippen LogP contribution in [0, 0.1) is 3.70 Å². The van der Waals surface area contributed by atoms with E-state index in [9.17, 15) is 4.79 Å². The van der Waals surface area contributed by atoms with E-state index in [1.807, 2.05) is 6.07 Å². The van der Waals surface area contributed by atoms with E-state index in [0.29, 0.717) is 10.4 Å². The van der Waals surface area contributed by atoms with Crippen LogP contribution in [-0.4, -0.2) is 17.5 Å². The predicted octanol–water partition coefficient (Wildman–Crippen LogP) is 1.58. The molecule has 0 aliphatic carbocycles. The molecule has 1 unspecified atom stereocenters. The molecule has 6 heteroatoms. The Labute approximate surface area is 109 Å². The fraction of sp³-hybridized carbons (Fsp3) is 0.333. The maximum atomic E-state index is 11.4. The Kier molecular flexibility index (Phi) is 2.66. The van der Waals surface area contributed by atoms with Crippen molar-refractivity contribution >= 4 is 44.4 Å². The van der Waals surface area contributed by atoms with Gasteiger partial charge >= 0.3 is 0 Å². The Hall–Kier alpha value is -0.370. The lowest BCUT2D eigenvalue weighted by Gasteiger charge is -2.17. The molecule has 2 heterocycles. The maximum absolute atomic E-state index is 11.4. The number of carbonyl (C=O) groups is 1. The van der Waals surface area contributed by atoms with Gasteiger partial charge in [0.15, 0.2) is 5.75 Å². The Balaban J connectivity index is 2.65. The van der Waals surface area contributed by atoms with Crippen molar-refractivity contribution in [3.8, 4) is 5.75 Å². The van der Waals surface area contributed by atoms with Gasteiger partial charge < -0.3 is 10.5 Å². The minimum Gasteiger partial charge on any atom is -0.489 e. The highest BCUT2D eigenvalue weighted by molar-refractivity contribution is 14.1. The van der Waals surface area contributed by atoms with Crippen LogP contribution in [0.5, 0.6) is 5.75 Å². The number of amides is 1. The number of nitrogens with zero attached hydrogens (tertiary/aromatic N) is 1. The van der Waals surface area contributed by atoms with E-state index < -0.39 is 5.41 Å². The zero-order chi connectivity index (χ0) is 11.2. The number of hydrogen-bond donors (Lipinski definition) is 1. The summed E-state index contributed by atoms with van der Waals surface area (Å²) in [5.74, 6) is 0.242. The molecule has 4 nitrogen and oxygen atoms in total. The van der Waals surface area contributed by atoms with Gasteiger partial charge in [-0.1, -0.05) is 0 Å². The number of aromatic nitrogens is 1. The van der Waals surface area contributed by atoms with Crippen molar-refractivity contribution < 1.29 is 9.53 Å². The third-order valence-electron chi connectivity index (χ3n) is 2.54. The minimum atomic E-state index is -0.749. The van der Waals surface area contributed by atoms with Gasteiger partial charge in [0.05, 0.1) is 0 Å². The van der Waals surface area contributed by atoms with Crippen molar-refractivity contribution in [2.75, 3.05) is 6.61 Å². The van der Waals surface area contributed by atoms with E-state index in [0.717, 1.165) is 9.26 Å². The molecular formula is C9H8BrIN2O2. The quantitative estimate of drug-likeness (QED) is 0.592. The van der Waals surface area contributed by atoms with Crippen molar-refractivity contribution in [3.63, 3.8) is 0 Å². The van der Waals surface area contributed by atoms with Gasteiger partial charge in [-0.25, -0.2) is 4.98 Å². The first kappa shape index (κ1) is 11.1. The summed E-state index contributed by atoms with van der Waals surface area (Å²) in [6.45, 7) is 2.06. The third kappa shape index (κ3) is 1.63. The molecule has 1 aliphatic heterocycles. The van der Waals surface area contributed by atoms with Crippen LogP contribution in [0.1, 0.15) is 12.5 Å². The first-order chi connectivity index (χ1) is 6.95. The molecule has 0 bridgehead atoms. The number of halogens is 2. The highest BCUT2D eigenvalue weighted by atomic mass is 127. The van der Waals surface area contributed by atoms with Crippen molar-refractivity contribution in [1.82, 2.24) is 4.98 Å². The van der Waals surface area contributed by atoms with Crippen LogP contribution in [0.25, 0.3) is 0 Å². The van der Waals surface area contributed by atoms with Crippen LogP contribution < -0.4 is 10.5 Å². The fourth-order valence-corrected chi connectivity index (χ4v) is 2.92. The van der Waals surface area contributed by atoms with Gasteiger partial charge in [-0.2, -0.15) is 0 Å². The second-order valence-electron chi connectivity index (χ2n) is 3.60. The third-order valence-corrected chi connectivity index (χ3v) is 3.63. The van der Waals surface area contributed by atoms with E-state index in [2.05, 4.69) is 43.5 Å². The van der Waals surface area contributed by atoms with Crippen LogP contribution >= 0.6 is 38.5 Å². The SMILES string of the molecule is CC1(C(N)=O)COc2c1cc(I)nc2Br. The monoisotopic (exact) mass is 382 g/mol. The molecule has 15 heavy (non-hydrogen) atoms. The van der Waals surface area contributed by atoms with Gasteiger partial charge in [0.2, 0.25) is 5.91 Å². The molecule has 0 radical (unpaired) electrons. The molecule has 0 spiro atoms. The van der Waals surface area contributed by atoms with E-state index in [4.69, 9.17) is 10.5 Å². The van der Waals surface area contributed by atoms with Crippen LogP contribution in [0.15, 0.2) is 10.7 Å². The average Bonchev–Trinajstić information content (AvgIpc) is 2.46. The van der Waals surface area contributed by atoms with E-state index >= 15 is 0 Å². The standard InChI is InChI=1S/C9H8BrIN2O2/c1-9(8(12)14)3-15-6-4(9)2-5(11)13-7(6)10/h2H,3H2,1H3,(H2,12,14). The number of ether oxygens (including phenoxy) is 1. The summed E-state index contributed by atoms with van der Waals surface area (Å²) in [6, 6.07) is 1.83. The summed E-state index contributed by atoms with van der Waals surface area (Å²) in [5.41, 5.74) is 5.45. The second kappa shape index (κ2) is 3.58. The normalized spacial score (nSPS) is 23.4. The largest absolute Gasteiger partial charge is 0.489 e. The van der Waals surface area contributed by atoms with Gasteiger partial charge in [0.1, 0.15) is 20.3 Å². The molecule has 0 fully saturated rings. The van der Waals surface area contributed by atoms with Crippen molar-refractivity contribution in [2.45, 2.75) is 12.3 Å². The number of pyridine rings is 1. The molecule has 0 aromatic carbocycles. The highest BCUT2D eigenvalue weighted by Gasteiger charge is 2.43. The zero-order valence-corrected chi connectivity index (χ0v) is 11.6. The van der Waals surface area contributed by atoms with Crippen molar-refractivity contribution in [1.29, 1.82) is 0 Å². The Morgan fingerprint density at radius 2 is 2.47 bits per heavy atom. The minimum absolute atomic E-state index is 0.276. The molecule has 80 valence electrons. The summed E-state index contributed by atoms with van der Waals surface area (Å²) >= 11 is 5.40. The Bertz CT molecular complexity index is 452. The van der Waals surface area contributed by atoms with Gasteiger partial charge in [-0.05, 0) is 51.5 Å². The fourth-order valence-electron chi connectivity index (χ4n) is 1.52. The number of rotatable bonds is 1. The lowest BCUT2D eigenvalue weighted by atomic mass is 9.84. The number of hydrogen-bond acceptors (Lipinski definition) is 3. The number of carbonyl (C=O) groups excluding carboxylic acids is 1. The number of primary amides is 1. The van der Waals surface area contributed by atoms with Crippen LogP contribution in [0.3, 0.4) is 0 Å². The molecular weight excluding hydrogens is 375 g/mol. The van der Waals surface area contributed by atoms with Crippen molar-refractivity contribution in [2.24, 2.45) is 5.73 Å². The second-order valence-corrected chi connectivity index (χ2v) is 5.45. The van der Waals surface area contributed by atoms with Crippen LogP contribution in [0.2, 0.25) is 0 Å². The zero-order valence-electron chi connectivity index (χ0n) is 7.88. The molecule has 1 atom stereocenters. The topological polar surface area (TPSA) is 65.2 Å². The van der Waals surface area contributed by atoms with Gasteiger partial charge in [-0.3, -0.25) is 4.79 Å². The van der Waals surface area contributed by atoms with E-state index in [1.165, 1.54) is 0 Å². The first-order valence-corrected chi connectivity index (χ1v) is 6.11. The summed E-state index contributed by atoms with van der Waals surface area (Å²) < 4.78 is 6.87. The van der Waals surface area contributed by atoms with Crippen LogP contribution in [0.4, 0.5) is 0 Å². The Morgan fingerprint density at radius 3 is 3.07 bits per heavy atom. The lowest BCUT2D eigenvalue weighted by Crippen LogP contribution is -2.39. The van der Waals surface area contributed by atoms with Gasteiger partial charge in [-0.15, -0.1) is 0 Å². The molecule has 0 saturated carbocycles. The molecule has 0 saturated heterocycles.